The molecule has 0 fully saturated rings. The highest BCUT2D eigenvalue weighted by atomic mass is 35.5. The fourth-order valence-corrected chi connectivity index (χ4v) is 2.14. The highest BCUT2D eigenvalue weighted by molar-refractivity contribution is 6.30. The lowest BCUT2D eigenvalue weighted by Crippen LogP contribution is -2.02. The molecule has 2 aromatic heterocycles. The van der Waals surface area contributed by atoms with Gasteiger partial charge in [0.25, 0.3) is 0 Å². The van der Waals surface area contributed by atoms with E-state index in [9.17, 15) is 0 Å². The van der Waals surface area contributed by atoms with Crippen LogP contribution in [0.1, 0.15) is 5.69 Å². The molecule has 0 saturated carbocycles. The molecule has 0 saturated heterocycles. The monoisotopic (exact) mass is 285 g/mol. The van der Waals surface area contributed by atoms with E-state index < -0.39 is 0 Å². The molecule has 0 aliphatic rings. The van der Waals surface area contributed by atoms with Gasteiger partial charge in [-0.05, 0) is 36.4 Å². The molecule has 0 unspecified atom stereocenters. The van der Waals surface area contributed by atoms with Gasteiger partial charge in [-0.3, -0.25) is 4.98 Å². The van der Waals surface area contributed by atoms with Gasteiger partial charge in [-0.2, -0.15) is 0 Å². The van der Waals surface area contributed by atoms with Crippen LogP contribution >= 0.6 is 11.6 Å². The second kappa shape index (κ2) is 5.40. The molecule has 0 amide bonds. The number of hydrogen-bond donors (Lipinski definition) is 1. The Morgan fingerprint density at radius 3 is 2.40 bits per heavy atom. The summed E-state index contributed by atoms with van der Waals surface area (Å²) in [5.74, 6) is 0. The first-order chi connectivity index (χ1) is 9.79. The molecule has 3 rings (SSSR count). The molecule has 0 spiro atoms. The minimum atomic E-state index is 0.325. The van der Waals surface area contributed by atoms with Crippen LogP contribution in [0.3, 0.4) is 0 Å². The predicted molar refractivity (Wildman–Crippen MR) is 77.5 cm³/mol. The molecule has 0 atom stereocenters. The molecule has 2 N–H and O–H groups in total. The van der Waals surface area contributed by atoms with Crippen molar-refractivity contribution in [1.82, 2.24) is 20.0 Å². The van der Waals surface area contributed by atoms with Crippen LogP contribution in [-0.4, -0.2) is 20.0 Å². The van der Waals surface area contributed by atoms with Crippen molar-refractivity contribution in [1.29, 1.82) is 0 Å². The fourth-order valence-electron chi connectivity index (χ4n) is 2.01. The smallest absolute Gasteiger partial charge is 0.105 e. The number of hydrogen-bond acceptors (Lipinski definition) is 4. The van der Waals surface area contributed by atoms with Gasteiger partial charge in [-0.25, -0.2) is 4.68 Å². The molecule has 0 radical (unpaired) electrons. The Kier molecular flexibility index (Phi) is 3.45. The van der Waals surface area contributed by atoms with Crippen LogP contribution in [0.25, 0.3) is 16.9 Å². The Bertz CT molecular complexity index is 706. The number of nitrogens with two attached hydrogens (primary N) is 1. The van der Waals surface area contributed by atoms with Gasteiger partial charge >= 0.3 is 0 Å². The molecule has 6 heteroatoms. The first kappa shape index (κ1) is 12.8. The lowest BCUT2D eigenvalue weighted by molar-refractivity contribution is 0.800. The van der Waals surface area contributed by atoms with Gasteiger partial charge in [0, 0.05) is 29.5 Å². The van der Waals surface area contributed by atoms with Gasteiger partial charge in [0.05, 0.1) is 11.4 Å². The zero-order chi connectivity index (χ0) is 13.9. The zero-order valence-electron chi connectivity index (χ0n) is 10.6. The number of halogens is 1. The van der Waals surface area contributed by atoms with Crippen molar-refractivity contribution in [2.45, 2.75) is 6.54 Å². The van der Waals surface area contributed by atoms with Gasteiger partial charge < -0.3 is 5.73 Å². The van der Waals surface area contributed by atoms with Crippen LogP contribution in [0.15, 0.2) is 48.8 Å². The minimum absolute atomic E-state index is 0.325. The normalized spacial score (nSPS) is 10.7. The van der Waals surface area contributed by atoms with Crippen molar-refractivity contribution in [3.63, 3.8) is 0 Å². The maximum Gasteiger partial charge on any atom is 0.105 e. The quantitative estimate of drug-likeness (QED) is 0.802. The van der Waals surface area contributed by atoms with Gasteiger partial charge in [0.1, 0.15) is 5.69 Å². The highest BCUT2D eigenvalue weighted by Gasteiger charge is 2.14. The summed E-state index contributed by atoms with van der Waals surface area (Å²) in [5, 5.41) is 9.01. The summed E-state index contributed by atoms with van der Waals surface area (Å²) in [7, 11) is 0. The topological polar surface area (TPSA) is 69.6 Å². The highest BCUT2D eigenvalue weighted by Crippen LogP contribution is 2.25. The number of rotatable bonds is 3. The molecule has 1 aromatic carbocycles. The zero-order valence-corrected chi connectivity index (χ0v) is 11.3. The average Bonchev–Trinajstić information content (AvgIpc) is 2.93. The predicted octanol–water partition coefficient (Wildman–Crippen LogP) is 2.44. The van der Waals surface area contributed by atoms with Crippen LogP contribution in [0.4, 0.5) is 0 Å². The molecular formula is C14H12ClN5. The lowest BCUT2D eigenvalue weighted by atomic mass is 10.1. The Morgan fingerprint density at radius 2 is 1.75 bits per heavy atom. The SMILES string of the molecule is NCc1nnn(-c2ccc(Cl)cc2)c1-c1ccncc1. The van der Waals surface area contributed by atoms with Crippen molar-refractivity contribution in [2.24, 2.45) is 5.73 Å². The van der Waals surface area contributed by atoms with Crippen molar-refractivity contribution in [3.8, 4) is 16.9 Å². The number of benzene rings is 1. The van der Waals surface area contributed by atoms with Crippen molar-refractivity contribution >= 4 is 11.6 Å². The third kappa shape index (κ3) is 2.29. The van der Waals surface area contributed by atoms with Crippen LogP contribution in [0.2, 0.25) is 5.02 Å². The summed E-state index contributed by atoms with van der Waals surface area (Å²) in [5.41, 5.74) is 9.22. The van der Waals surface area contributed by atoms with E-state index in [1.165, 1.54) is 0 Å². The number of pyridine rings is 1. The first-order valence-electron chi connectivity index (χ1n) is 6.10. The second-order valence-electron chi connectivity index (χ2n) is 4.21. The largest absolute Gasteiger partial charge is 0.325 e. The van der Waals surface area contributed by atoms with Crippen LogP contribution < -0.4 is 5.73 Å². The molecule has 3 aromatic rings. The average molecular weight is 286 g/mol. The molecule has 0 bridgehead atoms. The summed E-state index contributed by atoms with van der Waals surface area (Å²) in [4.78, 5) is 4.03. The standard InChI is InChI=1S/C14H12ClN5/c15-11-1-3-12(4-2-11)20-14(13(9-16)18-19-20)10-5-7-17-8-6-10/h1-8H,9,16H2. The Morgan fingerprint density at radius 1 is 1.05 bits per heavy atom. The second-order valence-corrected chi connectivity index (χ2v) is 4.65. The van der Waals surface area contributed by atoms with Crippen LogP contribution in [0, 0.1) is 0 Å². The molecule has 0 aliphatic heterocycles. The van der Waals surface area contributed by atoms with E-state index in [0.717, 1.165) is 22.6 Å². The fraction of sp³-hybridized carbons (Fsp3) is 0.0714. The van der Waals surface area contributed by atoms with Crippen LogP contribution in [-0.2, 0) is 6.54 Å². The van der Waals surface area contributed by atoms with Crippen molar-refractivity contribution in [2.75, 3.05) is 0 Å². The van der Waals surface area contributed by atoms with E-state index in [1.54, 1.807) is 17.1 Å². The molecule has 20 heavy (non-hydrogen) atoms. The van der Waals surface area contributed by atoms with Crippen molar-refractivity contribution in [3.05, 3.63) is 59.5 Å². The summed E-state index contributed by atoms with van der Waals surface area (Å²) in [6, 6.07) is 11.2. The number of aromatic nitrogens is 4. The molecule has 100 valence electrons. The Balaban J connectivity index is 2.17. The van der Waals surface area contributed by atoms with Crippen molar-refractivity contribution < 1.29 is 0 Å². The molecule has 2 heterocycles. The third-order valence-corrected chi connectivity index (χ3v) is 3.21. The van der Waals surface area contributed by atoms with E-state index in [0.29, 0.717) is 11.6 Å². The Hall–Kier alpha value is -2.24. The summed E-state index contributed by atoms with van der Waals surface area (Å²) in [6.07, 6.45) is 3.46. The maximum atomic E-state index is 5.91. The number of nitrogens with zero attached hydrogens (tertiary/aromatic N) is 4. The van der Waals surface area contributed by atoms with Gasteiger partial charge in [-0.1, -0.05) is 16.8 Å². The lowest BCUT2D eigenvalue weighted by Gasteiger charge is -2.07. The van der Waals surface area contributed by atoms with Gasteiger partial charge in [-0.15, -0.1) is 5.10 Å². The van der Waals surface area contributed by atoms with E-state index in [-0.39, 0.29) is 0 Å². The first-order valence-corrected chi connectivity index (χ1v) is 6.48. The maximum absolute atomic E-state index is 5.91. The van der Waals surface area contributed by atoms with Gasteiger partial charge in [0.15, 0.2) is 0 Å². The van der Waals surface area contributed by atoms with E-state index in [4.69, 9.17) is 17.3 Å². The summed E-state index contributed by atoms with van der Waals surface area (Å²) >= 11 is 5.91. The minimum Gasteiger partial charge on any atom is -0.325 e. The van der Waals surface area contributed by atoms with E-state index in [2.05, 4.69) is 15.3 Å². The third-order valence-electron chi connectivity index (χ3n) is 2.96. The molecule has 0 aliphatic carbocycles. The molecule has 5 nitrogen and oxygen atoms in total. The van der Waals surface area contributed by atoms with E-state index >= 15 is 0 Å². The van der Waals surface area contributed by atoms with E-state index in [1.807, 2.05) is 36.4 Å². The molecular weight excluding hydrogens is 274 g/mol. The summed E-state index contributed by atoms with van der Waals surface area (Å²) in [6.45, 7) is 0.325. The Labute approximate surface area is 121 Å². The van der Waals surface area contributed by atoms with Gasteiger partial charge in [0.2, 0.25) is 0 Å². The summed E-state index contributed by atoms with van der Waals surface area (Å²) < 4.78 is 1.76. The van der Waals surface area contributed by atoms with Crippen LogP contribution in [0.5, 0.6) is 0 Å².